The molecule has 1 heterocycles. The van der Waals surface area contributed by atoms with Gasteiger partial charge in [-0.25, -0.2) is 0 Å². The van der Waals surface area contributed by atoms with E-state index < -0.39 is 0 Å². The lowest BCUT2D eigenvalue weighted by Gasteiger charge is -2.05. The van der Waals surface area contributed by atoms with E-state index in [-0.39, 0.29) is 6.04 Å². The summed E-state index contributed by atoms with van der Waals surface area (Å²) in [5.74, 6) is 0. The molecule has 0 saturated carbocycles. The van der Waals surface area contributed by atoms with Gasteiger partial charge in [0.05, 0.1) is 6.20 Å². The molecule has 58 valence electrons. The van der Waals surface area contributed by atoms with E-state index in [2.05, 4.69) is 21.0 Å². The maximum absolute atomic E-state index is 8.58. The van der Waals surface area contributed by atoms with Crippen molar-refractivity contribution in [2.24, 2.45) is 0 Å². The highest BCUT2D eigenvalue weighted by Gasteiger charge is 2.08. The lowest BCUT2D eigenvalue weighted by Crippen LogP contribution is -2.02. The molecule has 0 N–H and O–H groups in total. The number of hydrogen-bond donors (Lipinski definition) is 0. The van der Waals surface area contributed by atoms with Gasteiger partial charge in [0.15, 0.2) is 0 Å². The van der Waals surface area contributed by atoms with Crippen molar-refractivity contribution in [1.29, 1.82) is 5.26 Å². The van der Waals surface area contributed by atoms with Crippen LogP contribution in [0.5, 0.6) is 0 Å². The van der Waals surface area contributed by atoms with Gasteiger partial charge in [-0.3, -0.25) is 4.68 Å². The summed E-state index contributed by atoms with van der Waals surface area (Å²) in [7, 11) is 0. The van der Waals surface area contributed by atoms with E-state index in [0.29, 0.717) is 5.56 Å². The maximum Gasteiger partial charge on any atom is 0.122 e. The van der Waals surface area contributed by atoms with Crippen molar-refractivity contribution in [2.75, 3.05) is 0 Å². The molecule has 4 heteroatoms. The monoisotopic (exact) mass is 213 g/mol. The van der Waals surface area contributed by atoms with E-state index in [1.165, 1.54) is 0 Å². The molecule has 1 rings (SSSR count). The topological polar surface area (TPSA) is 41.6 Å². The largest absolute Gasteiger partial charge is 0.255 e. The van der Waals surface area contributed by atoms with Crippen molar-refractivity contribution in [2.45, 2.75) is 19.9 Å². The fraction of sp³-hybridized carbons (Fsp3) is 0.429. The molecule has 0 aliphatic rings. The zero-order chi connectivity index (χ0) is 8.43. The highest BCUT2D eigenvalue weighted by Crippen LogP contribution is 2.18. The van der Waals surface area contributed by atoms with Crippen LogP contribution >= 0.6 is 15.9 Å². The quantitative estimate of drug-likeness (QED) is 0.718. The van der Waals surface area contributed by atoms with E-state index in [0.717, 1.165) is 4.60 Å². The fourth-order valence-electron chi connectivity index (χ4n) is 0.782. The van der Waals surface area contributed by atoms with Gasteiger partial charge in [0.2, 0.25) is 0 Å². The Morgan fingerprint density at radius 1 is 1.73 bits per heavy atom. The van der Waals surface area contributed by atoms with E-state index in [9.17, 15) is 0 Å². The van der Waals surface area contributed by atoms with Crippen molar-refractivity contribution in [1.82, 2.24) is 9.78 Å². The predicted molar refractivity (Wildman–Crippen MR) is 45.0 cm³/mol. The number of aromatic nitrogens is 2. The summed E-state index contributed by atoms with van der Waals surface area (Å²) in [6, 6.07) is 2.32. The van der Waals surface area contributed by atoms with Crippen molar-refractivity contribution >= 4 is 15.9 Å². The van der Waals surface area contributed by atoms with Crippen LogP contribution in [0.25, 0.3) is 0 Å². The second kappa shape index (κ2) is 3.05. The predicted octanol–water partition coefficient (Wildman–Crippen LogP) is 2.10. The van der Waals surface area contributed by atoms with Gasteiger partial charge in [-0.2, -0.15) is 10.4 Å². The van der Waals surface area contributed by atoms with Crippen LogP contribution in [0.3, 0.4) is 0 Å². The molecule has 0 fully saturated rings. The molecule has 11 heavy (non-hydrogen) atoms. The Bertz CT molecular complexity index is 295. The normalized spacial score (nSPS) is 10.1. The van der Waals surface area contributed by atoms with E-state index in [1.807, 2.05) is 19.9 Å². The van der Waals surface area contributed by atoms with Crippen LogP contribution < -0.4 is 0 Å². The highest BCUT2D eigenvalue weighted by atomic mass is 79.9. The molecule has 0 atom stereocenters. The van der Waals surface area contributed by atoms with E-state index >= 15 is 0 Å². The summed E-state index contributed by atoms with van der Waals surface area (Å²) in [6.07, 6.45) is 1.56. The first kappa shape index (κ1) is 8.28. The van der Waals surface area contributed by atoms with Crippen LogP contribution in [-0.2, 0) is 0 Å². The van der Waals surface area contributed by atoms with Gasteiger partial charge in [-0.05, 0) is 29.8 Å². The Hall–Kier alpha value is -0.820. The third-order valence-electron chi connectivity index (χ3n) is 1.34. The summed E-state index contributed by atoms with van der Waals surface area (Å²) in [5, 5.41) is 12.6. The van der Waals surface area contributed by atoms with Gasteiger partial charge in [0, 0.05) is 6.04 Å². The van der Waals surface area contributed by atoms with Gasteiger partial charge in [-0.1, -0.05) is 0 Å². The standard InChI is InChI=1S/C7H8BrN3/c1-5(2)11-7(8)6(3-9)4-10-11/h4-5H,1-2H3. The van der Waals surface area contributed by atoms with Crippen LogP contribution in [0, 0.1) is 11.3 Å². The van der Waals surface area contributed by atoms with Gasteiger partial charge in [0.25, 0.3) is 0 Å². The number of nitrogens with zero attached hydrogens (tertiary/aromatic N) is 3. The molecule has 0 aromatic carbocycles. The summed E-state index contributed by atoms with van der Waals surface area (Å²) < 4.78 is 2.52. The van der Waals surface area contributed by atoms with Crippen molar-refractivity contribution in [3.05, 3.63) is 16.4 Å². The Morgan fingerprint density at radius 2 is 2.36 bits per heavy atom. The summed E-state index contributed by atoms with van der Waals surface area (Å²) >= 11 is 3.29. The average Bonchev–Trinajstić information content (AvgIpc) is 2.30. The second-order valence-electron chi connectivity index (χ2n) is 2.50. The van der Waals surface area contributed by atoms with Gasteiger partial charge in [-0.15, -0.1) is 0 Å². The SMILES string of the molecule is CC(C)n1ncc(C#N)c1Br. The summed E-state index contributed by atoms with van der Waals surface area (Å²) in [5.41, 5.74) is 0.582. The fourth-order valence-corrected chi connectivity index (χ4v) is 1.47. The molecule has 1 aromatic rings. The minimum absolute atomic E-state index is 0.284. The van der Waals surface area contributed by atoms with Crippen molar-refractivity contribution < 1.29 is 0 Å². The number of halogens is 1. The molecule has 0 saturated heterocycles. The van der Waals surface area contributed by atoms with Crippen LogP contribution in [0.15, 0.2) is 10.8 Å². The third kappa shape index (κ3) is 1.43. The Labute approximate surface area is 73.8 Å². The Kier molecular flexibility index (Phi) is 2.30. The number of hydrogen-bond acceptors (Lipinski definition) is 2. The van der Waals surface area contributed by atoms with E-state index in [1.54, 1.807) is 10.9 Å². The molecule has 0 aliphatic carbocycles. The van der Waals surface area contributed by atoms with Crippen LogP contribution in [-0.4, -0.2) is 9.78 Å². The number of rotatable bonds is 1. The summed E-state index contributed by atoms with van der Waals surface area (Å²) in [6.45, 7) is 4.03. The van der Waals surface area contributed by atoms with Crippen LogP contribution in [0.1, 0.15) is 25.5 Å². The lowest BCUT2D eigenvalue weighted by molar-refractivity contribution is 0.522. The molecule has 3 nitrogen and oxygen atoms in total. The first-order valence-electron chi connectivity index (χ1n) is 3.30. The molecule has 0 radical (unpaired) electrons. The first-order chi connectivity index (χ1) is 5.16. The highest BCUT2D eigenvalue weighted by molar-refractivity contribution is 9.10. The van der Waals surface area contributed by atoms with Crippen LogP contribution in [0.2, 0.25) is 0 Å². The Balaban J connectivity index is 3.13. The molecular formula is C7H8BrN3. The molecule has 0 bridgehead atoms. The van der Waals surface area contributed by atoms with Crippen LogP contribution in [0.4, 0.5) is 0 Å². The first-order valence-corrected chi connectivity index (χ1v) is 4.09. The maximum atomic E-state index is 8.58. The smallest absolute Gasteiger partial charge is 0.122 e. The van der Waals surface area contributed by atoms with Gasteiger partial charge in [0.1, 0.15) is 16.2 Å². The molecule has 0 amide bonds. The van der Waals surface area contributed by atoms with Crippen molar-refractivity contribution in [3.8, 4) is 6.07 Å². The average molecular weight is 214 g/mol. The zero-order valence-electron chi connectivity index (χ0n) is 6.37. The minimum atomic E-state index is 0.284. The minimum Gasteiger partial charge on any atom is -0.255 e. The second-order valence-corrected chi connectivity index (χ2v) is 3.25. The van der Waals surface area contributed by atoms with Gasteiger partial charge >= 0.3 is 0 Å². The van der Waals surface area contributed by atoms with E-state index in [4.69, 9.17) is 5.26 Å². The Morgan fingerprint density at radius 3 is 2.64 bits per heavy atom. The zero-order valence-corrected chi connectivity index (χ0v) is 7.96. The lowest BCUT2D eigenvalue weighted by atomic mass is 10.4. The summed E-state index contributed by atoms with van der Waals surface area (Å²) in [4.78, 5) is 0. The van der Waals surface area contributed by atoms with Crippen molar-refractivity contribution in [3.63, 3.8) is 0 Å². The number of nitriles is 1. The molecule has 0 spiro atoms. The molecule has 1 aromatic heterocycles. The molecule has 0 aliphatic heterocycles. The van der Waals surface area contributed by atoms with Gasteiger partial charge < -0.3 is 0 Å². The third-order valence-corrected chi connectivity index (χ3v) is 2.13. The molecular weight excluding hydrogens is 206 g/mol. The molecule has 0 unspecified atom stereocenters.